The molecule has 0 aliphatic heterocycles. The fourth-order valence-corrected chi connectivity index (χ4v) is 2.42. The Morgan fingerprint density at radius 3 is 2.86 bits per heavy atom. The largest absolute Gasteiger partial charge is 0.464 e. The molecule has 5 nitrogen and oxygen atoms in total. The molecule has 0 bridgehead atoms. The summed E-state index contributed by atoms with van der Waals surface area (Å²) in [6, 6.07) is 7.51. The van der Waals surface area contributed by atoms with Gasteiger partial charge in [-0.05, 0) is 30.5 Å². The summed E-state index contributed by atoms with van der Waals surface area (Å²) in [7, 11) is 0. The van der Waals surface area contributed by atoms with Crippen molar-refractivity contribution in [2.75, 3.05) is 5.32 Å². The van der Waals surface area contributed by atoms with Crippen molar-refractivity contribution in [1.29, 1.82) is 0 Å². The molecule has 110 valence electrons. The monoisotopic (exact) mass is 290 g/mol. The molecule has 1 N–H and O–H groups in total. The van der Waals surface area contributed by atoms with Gasteiger partial charge < -0.3 is 9.73 Å². The molecule has 0 amide bonds. The molecule has 1 heterocycles. The van der Waals surface area contributed by atoms with Gasteiger partial charge in [0.1, 0.15) is 17.2 Å². The first-order chi connectivity index (χ1) is 10.1. The maximum absolute atomic E-state index is 13.7. The average molecular weight is 290 g/mol. The third kappa shape index (κ3) is 2.74. The van der Waals surface area contributed by atoms with E-state index in [-0.39, 0.29) is 17.9 Å². The van der Waals surface area contributed by atoms with Crippen LogP contribution in [0.15, 0.2) is 34.7 Å². The zero-order valence-corrected chi connectivity index (χ0v) is 11.5. The van der Waals surface area contributed by atoms with Crippen molar-refractivity contribution in [1.82, 2.24) is 0 Å². The van der Waals surface area contributed by atoms with Gasteiger partial charge in [-0.3, -0.25) is 10.1 Å². The van der Waals surface area contributed by atoms with E-state index in [9.17, 15) is 14.5 Å². The van der Waals surface area contributed by atoms with E-state index in [2.05, 4.69) is 12.2 Å². The summed E-state index contributed by atoms with van der Waals surface area (Å²) in [6.45, 7) is 2.37. The number of nitro benzene ring substituents is 1. The van der Waals surface area contributed by atoms with E-state index >= 15 is 0 Å². The molecule has 2 atom stereocenters. The third-order valence-corrected chi connectivity index (χ3v) is 3.79. The second-order valence-electron chi connectivity index (χ2n) is 5.37. The molecule has 1 aliphatic carbocycles. The predicted molar refractivity (Wildman–Crippen MR) is 75.6 cm³/mol. The molecule has 1 aromatic carbocycles. The van der Waals surface area contributed by atoms with E-state index in [1.807, 2.05) is 12.1 Å². The number of anilines is 1. The summed E-state index contributed by atoms with van der Waals surface area (Å²) < 4.78 is 19.4. The fraction of sp³-hybridized carbons (Fsp3) is 0.333. The Morgan fingerprint density at radius 1 is 1.43 bits per heavy atom. The summed E-state index contributed by atoms with van der Waals surface area (Å²) in [6.07, 6.45) is 1.12. The minimum atomic E-state index is -0.646. The number of furan rings is 1. The van der Waals surface area contributed by atoms with E-state index < -0.39 is 10.7 Å². The molecular formula is C15H15FN2O3. The van der Waals surface area contributed by atoms with E-state index in [4.69, 9.17) is 4.42 Å². The number of halogens is 1. The lowest BCUT2D eigenvalue weighted by Gasteiger charge is -2.06. The average Bonchev–Trinajstić information content (AvgIpc) is 3.00. The van der Waals surface area contributed by atoms with Gasteiger partial charge in [0.15, 0.2) is 5.82 Å². The summed E-state index contributed by atoms with van der Waals surface area (Å²) in [5, 5.41) is 13.7. The highest BCUT2D eigenvalue weighted by Gasteiger charge is 2.36. The van der Waals surface area contributed by atoms with Gasteiger partial charge in [0.2, 0.25) is 0 Å². The van der Waals surface area contributed by atoms with Gasteiger partial charge in [-0.1, -0.05) is 13.0 Å². The molecule has 1 saturated carbocycles. The van der Waals surface area contributed by atoms with Crippen molar-refractivity contribution >= 4 is 11.4 Å². The van der Waals surface area contributed by atoms with Gasteiger partial charge in [0.05, 0.1) is 11.5 Å². The van der Waals surface area contributed by atoms with Gasteiger partial charge in [0, 0.05) is 12.0 Å². The smallest absolute Gasteiger partial charge is 0.295 e. The Labute approximate surface area is 120 Å². The normalized spacial score (nSPS) is 20.3. The van der Waals surface area contributed by atoms with Crippen LogP contribution < -0.4 is 5.32 Å². The van der Waals surface area contributed by atoms with Crippen LogP contribution in [0.5, 0.6) is 0 Å². The molecule has 2 aromatic rings. The number of rotatable bonds is 5. The van der Waals surface area contributed by atoms with Gasteiger partial charge in [-0.15, -0.1) is 0 Å². The van der Waals surface area contributed by atoms with Crippen LogP contribution >= 0.6 is 0 Å². The Hall–Kier alpha value is -2.37. The van der Waals surface area contributed by atoms with Crippen LogP contribution in [-0.4, -0.2) is 4.92 Å². The van der Waals surface area contributed by atoms with E-state index in [1.165, 1.54) is 18.2 Å². The highest BCUT2D eigenvalue weighted by Crippen LogP contribution is 2.47. The van der Waals surface area contributed by atoms with Crippen LogP contribution in [0, 0.1) is 21.8 Å². The van der Waals surface area contributed by atoms with Crippen molar-refractivity contribution < 1.29 is 13.7 Å². The van der Waals surface area contributed by atoms with Crippen LogP contribution in [-0.2, 0) is 6.54 Å². The Balaban J connectivity index is 1.73. The van der Waals surface area contributed by atoms with E-state index in [1.54, 1.807) is 0 Å². The van der Waals surface area contributed by atoms with Gasteiger partial charge >= 0.3 is 0 Å². The lowest BCUT2D eigenvalue weighted by atomic mass is 10.2. The van der Waals surface area contributed by atoms with Crippen LogP contribution in [0.2, 0.25) is 0 Å². The second kappa shape index (κ2) is 5.20. The maximum atomic E-state index is 13.7. The molecule has 2 unspecified atom stereocenters. The van der Waals surface area contributed by atoms with Crippen molar-refractivity contribution in [3.05, 3.63) is 57.8 Å². The zero-order valence-electron chi connectivity index (χ0n) is 11.5. The van der Waals surface area contributed by atoms with Crippen LogP contribution in [0.1, 0.15) is 30.8 Å². The summed E-state index contributed by atoms with van der Waals surface area (Å²) >= 11 is 0. The first-order valence-corrected chi connectivity index (χ1v) is 6.81. The van der Waals surface area contributed by atoms with Crippen molar-refractivity contribution in [2.24, 2.45) is 5.92 Å². The minimum absolute atomic E-state index is 0.111. The van der Waals surface area contributed by atoms with Gasteiger partial charge in [-0.2, -0.15) is 0 Å². The predicted octanol–water partition coefficient (Wildman–Crippen LogP) is 4.06. The number of hydrogen-bond acceptors (Lipinski definition) is 4. The van der Waals surface area contributed by atoms with E-state index in [0.29, 0.717) is 17.6 Å². The maximum Gasteiger partial charge on any atom is 0.295 e. The van der Waals surface area contributed by atoms with Crippen LogP contribution in [0.4, 0.5) is 15.8 Å². The van der Waals surface area contributed by atoms with Gasteiger partial charge in [-0.25, -0.2) is 4.39 Å². The molecule has 0 saturated heterocycles. The Bertz CT molecular complexity index is 683. The lowest BCUT2D eigenvalue weighted by molar-refractivity contribution is -0.384. The summed E-state index contributed by atoms with van der Waals surface area (Å²) in [5.41, 5.74) is -0.391. The van der Waals surface area contributed by atoms with Crippen molar-refractivity contribution in [3.63, 3.8) is 0 Å². The quantitative estimate of drug-likeness (QED) is 0.666. The van der Waals surface area contributed by atoms with Gasteiger partial charge in [0.25, 0.3) is 5.69 Å². The number of nitro groups is 1. The molecule has 1 aliphatic rings. The van der Waals surface area contributed by atoms with Crippen molar-refractivity contribution in [3.8, 4) is 0 Å². The molecule has 6 heteroatoms. The molecule has 21 heavy (non-hydrogen) atoms. The molecule has 0 radical (unpaired) electrons. The zero-order chi connectivity index (χ0) is 15.0. The minimum Gasteiger partial charge on any atom is -0.464 e. The third-order valence-electron chi connectivity index (χ3n) is 3.79. The molecule has 1 fully saturated rings. The molecule has 1 aromatic heterocycles. The number of benzene rings is 1. The second-order valence-corrected chi connectivity index (χ2v) is 5.37. The topological polar surface area (TPSA) is 68.3 Å². The molecular weight excluding hydrogens is 275 g/mol. The first kappa shape index (κ1) is 13.6. The molecule has 3 rings (SSSR count). The summed E-state index contributed by atoms with van der Waals surface area (Å²) in [4.78, 5) is 10.3. The van der Waals surface area contributed by atoms with E-state index in [0.717, 1.165) is 12.2 Å². The SMILES string of the molecule is CC1CC1c1ccc(CNc2c(F)cccc2[N+](=O)[O-])o1. The highest BCUT2D eigenvalue weighted by molar-refractivity contribution is 5.62. The standard InChI is InChI=1S/C15H15FN2O3/c1-9-7-11(9)14-6-5-10(21-14)8-17-15-12(16)3-2-4-13(15)18(19)20/h2-6,9,11,17H,7-8H2,1H3. The molecule has 0 spiro atoms. The number of hydrogen-bond donors (Lipinski definition) is 1. The highest BCUT2D eigenvalue weighted by atomic mass is 19.1. The lowest BCUT2D eigenvalue weighted by Crippen LogP contribution is -2.04. The first-order valence-electron chi connectivity index (χ1n) is 6.81. The summed E-state index contributed by atoms with van der Waals surface area (Å²) in [5.74, 6) is 2.04. The van der Waals surface area contributed by atoms with Crippen LogP contribution in [0.25, 0.3) is 0 Å². The van der Waals surface area contributed by atoms with Crippen LogP contribution in [0.3, 0.4) is 0 Å². The number of para-hydroxylation sites is 1. The number of nitrogens with zero attached hydrogens (tertiary/aromatic N) is 1. The number of nitrogens with one attached hydrogen (secondary N) is 1. The Morgan fingerprint density at radius 2 is 2.19 bits per heavy atom. The van der Waals surface area contributed by atoms with Crippen molar-refractivity contribution in [2.45, 2.75) is 25.8 Å². The fourth-order valence-electron chi connectivity index (χ4n) is 2.42. The Kier molecular flexibility index (Phi) is 3.37.